The minimum atomic E-state index is -0.0958. The number of amides is 1. The summed E-state index contributed by atoms with van der Waals surface area (Å²) in [7, 11) is 0. The van der Waals surface area contributed by atoms with Crippen LogP contribution in [0.3, 0.4) is 0 Å². The van der Waals surface area contributed by atoms with Crippen LogP contribution in [0.25, 0.3) is 0 Å². The number of halogens is 1. The second-order valence-corrected chi connectivity index (χ2v) is 5.45. The standard InChI is InChI=1S/C15H18ClN3O2/c1-2-12(10-17)18-5-7-19(8-6-18)15(21)11-3-4-14(20)13(16)9-11/h3-4,9,12,20H,2,5-8H2,1H3. The molecule has 1 N–H and O–H groups in total. The molecule has 2 rings (SSSR count). The normalized spacial score (nSPS) is 17.3. The smallest absolute Gasteiger partial charge is 0.253 e. The summed E-state index contributed by atoms with van der Waals surface area (Å²) in [6, 6.07) is 6.69. The molecular formula is C15H18ClN3O2. The molecule has 0 spiro atoms. The van der Waals surface area contributed by atoms with Gasteiger partial charge in [-0.2, -0.15) is 5.26 Å². The summed E-state index contributed by atoms with van der Waals surface area (Å²) in [5, 5.41) is 18.6. The molecule has 1 fully saturated rings. The molecule has 0 saturated carbocycles. The van der Waals surface area contributed by atoms with Crippen LogP contribution < -0.4 is 0 Å². The Balaban J connectivity index is 2.00. The minimum absolute atomic E-state index is 0.0298. The Labute approximate surface area is 129 Å². The van der Waals surface area contributed by atoms with Crippen molar-refractivity contribution in [1.82, 2.24) is 9.80 Å². The van der Waals surface area contributed by atoms with Crippen molar-refractivity contribution >= 4 is 17.5 Å². The van der Waals surface area contributed by atoms with Gasteiger partial charge < -0.3 is 10.0 Å². The number of nitrogens with zero attached hydrogens (tertiary/aromatic N) is 3. The zero-order valence-electron chi connectivity index (χ0n) is 11.9. The van der Waals surface area contributed by atoms with Crippen LogP contribution in [0.1, 0.15) is 23.7 Å². The highest BCUT2D eigenvalue weighted by Gasteiger charge is 2.25. The third-order valence-electron chi connectivity index (χ3n) is 3.77. The third-order valence-corrected chi connectivity index (χ3v) is 4.08. The Morgan fingerprint density at radius 1 is 1.43 bits per heavy atom. The summed E-state index contributed by atoms with van der Waals surface area (Å²) in [5.41, 5.74) is 0.471. The fraction of sp³-hybridized carbons (Fsp3) is 0.467. The first-order valence-electron chi connectivity index (χ1n) is 6.98. The molecule has 21 heavy (non-hydrogen) atoms. The van der Waals surface area contributed by atoms with Gasteiger partial charge in [-0.05, 0) is 24.6 Å². The van der Waals surface area contributed by atoms with Gasteiger partial charge in [0, 0.05) is 31.7 Å². The summed E-state index contributed by atoms with van der Waals surface area (Å²) >= 11 is 5.83. The van der Waals surface area contributed by atoms with Crippen molar-refractivity contribution in [1.29, 1.82) is 5.26 Å². The van der Waals surface area contributed by atoms with Crippen molar-refractivity contribution in [2.24, 2.45) is 0 Å². The van der Waals surface area contributed by atoms with E-state index in [0.717, 1.165) is 6.42 Å². The number of phenols is 1. The first-order chi connectivity index (χ1) is 10.1. The van der Waals surface area contributed by atoms with E-state index in [9.17, 15) is 9.90 Å². The zero-order valence-corrected chi connectivity index (χ0v) is 12.7. The van der Waals surface area contributed by atoms with Gasteiger partial charge in [0.2, 0.25) is 0 Å². The second kappa shape index (κ2) is 6.79. The highest BCUT2D eigenvalue weighted by Crippen LogP contribution is 2.24. The van der Waals surface area contributed by atoms with Gasteiger partial charge in [0.05, 0.1) is 17.1 Å². The molecule has 1 heterocycles. The van der Waals surface area contributed by atoms with E-state index < -0.39 is 0 Å². The van der Waals surface area contributed by atoms with Crippen molar-refractivity contribution in [3.05, 3.63) is 28.8 Å². The number of aromatic hydroxyl groups is 1. The lowest BCUT2D eigenvalue weighted by Crippen LogP contribution is -2.51. The number of carbonyl (C=O) groups is 1. The van der Waals surface area contributed by atoms with E-state index >= 15 is 0 Å². The number of nitriles is 1. The van der Waals surface area contributed by atoms with E-state index in [2.05, 4.69) is 11.0 Å². The number of rotatable bonds is 3. The maximum absolute atomic E-state index is 12.4. The lowest BCUT2D eigenvalue weighted by molar-refractivity contribution is 0.0604. The largest absolute Gasteiger partial charge is 0.506 e. The summed E-state index contributed by atoms with van der Waals surface area (Å²) in [5.74, 6) is -0.126. The molecule has 6 heteroatoms. The molecular weight excluding hydrogens is 290 g/mol. The molecule has 112 valence electrons. The fourth-order valence-electron chi connectivity index (χ4n) is 2.49. The molecule has 1 atom stereocenters. The van der Waals surface area contributed by atoms with Crippen LogP contribution in [0.4, 0.5) is 0 Å². The molecule has 1 aliphatic heterocycles. The van der Waals surface area contributed by atoms with Crippen molar-refractivity contribution in [3.8, 4) is 11.8 Å². The van der Waals surface area contributed by atoms with E-state index in [1.165, 1.54) is 12.1 Å². The van der Waals surface area contributed by atoms with Crippen LogP contribution in [0.2, 0.25) is 5.02 Å². The van der Waals surface area contributed by atoms with E-state index in [0.29, 0.717) is 31.7 Å². The number of phenolic OH excluding ortho intramolecular Hbond substituents is 1. The summed E-state index contributed by atoms with van der Waals surface area (Å²) in [4.78, 5) is 16.2. The lowest BCUT2D eigenvalue weighted by atomic mass is 10.1. The SMILES string of the molecule is CCC(C#N)N1CCN(C(=O)c2ccc(O)c(Cl)c2)CC1. The van der Waals surface area contributed by atoms with Crippen molar-refractivity contribution in [3.63, 3.8) is 0 Å². The molecule has 1 saturated heterocycles. The lowest BCUT2D eigenvalue weighted by Gasteiger charge is -2.36. The highest BCUT2D eigenvalue weighted by molar-refractivity contribution is 6.32. The van der Waals surface area contributed by atoms with Gasteiger partial charge >= 0.3 is 0 Å². The van der Waals surface area contributed by atoms with Crippen molar-refractivity contribution in [2.75, 3.05) is 26.2 Å². The van der Waals surface area contributed by atoms with Gasteiger partial charge in [0.1, 0.15) is 5.75 Å². The van der Waals surface area contributed by atoms with E-state index in [4.69, 9.17) is 16.9 Å². The third kappa shape index (κ3) is 3.46. The number of carbonyl (C=O) groups excluding carboxylic acids is 1. The molecule has 1 unspecified atom stereocenters. The minimum Gasteiger partial charge on any atom is -0.506 e. The Morgan fingerprint density at radius 3 is 2.62 bits per heavy atom. The summed E-state index contributed by atoms with van der Waals surface area (Å²) in [6.45, 7) is 4.57. The Hall–Kier alpha value is -1.77. The molecule has 0 aliphatic carbocycles. The van der Waals surface area contributed by atoms with E-state index in [1.54, 1.807) is 11.0 Å². The topological polar surface area (TPSA) is 67.6 Å². The Bertz CT molecular complexity index is 563. The number of hydrogen-bond acceptors (Lipinski definition) is 4. The van der Waals surface area contributed by atoms with Crippen molar-refractivity contribution in [2.45, 2.75) is 19.4 Å². The van der Waals surface area contributed by atoms with Crippen LogP contribution in [0.15, 0.2) is 18.2 Å². The maximum Gasteiger partial charge on any atom is 0.253 e. The van der Waals surface area contributed by atoms with E-state index in [-0.39, 0.29) is 22.7 Å². The van der Waals surface area contributed by atoms with E-state index in [1.807, 2.05) is 6.92 Å². The quantitative estimate of drug-likeness (QED) is 0.928. The van der Waals surface area contributed by atoms with Gasteiger partial charge in [0.25, 0.3) is 5.91 Å². The highest BCUT2D eigenvalue weighted by atomic mass is 35.5. The molecule has 5 nitrogen and oxygen atoms in total. The van der Waals surface area contributed by atoms with Gasteiger partial charge in [-0.3, -0.25) is 9.69 Å². The molecule has 0 aromatic heterocycles. The predicted octanol–water partition coefficient (Wildman–Crippen LogP) is 2.11. The van der Waals surface area contributed by atoms with Crippen molar-refractivity contribution < 1.29 is 9.90 Å². The van der Waals surface area contributed by atoms with Gasteiger partial charge in [0.15, 0.2) is 0 Å². The average molecular weight is 308 g/mol. The predicted molar refractivity (Wildman–Crippen MR) is 80.3 cm³/mol. The van der Waals surface area contributed by atoms with Crippen LogP contribution in [0, 0.1) is 11.3 Å². The summed E-state index contributed by atoms with van der Waals surface area (Å²) in [6.07, 6.45) is 0.790. The van der Waals surface area contributed by atoms with Gasteiger partial charge in [-0.15, -0.1) is 0 Å². The first-order valence-corrected chi connectivity index (χ1v) is 7.36. The van der Waals surface area contributed by atoms with Crippen LogP contribution >= 0.6 is 11.6 Å². The maximum atomic E-state index is 12.4. The Morgan fingerprint density at radius 2 is 2.10 bits per heavy atom. The first kappa shape index (κ1) is 15.6. The number of hydrogen-bond donors (Lipinski definition) is 1. The molecule has 0 radical (unpaired) electrons. The zero-order chi connectivity index (χ0) is 15.4. The van der Waals surface area contributed by atoms with Gasteiger partial charge in [-0.25, -0.2) is 0 Å². The number of piperazine rings is 1. The average Bonchev–Trinajstić information content (AvgIpc) is 2.51. The van der Waals surface area contributed by atoms with Crippen LogP contribution in [-0.2, 0) is 0 Å². The molecule has 1 aromatic rings. The Kier molecular flexibility index (Phi) is 5.05. The molecule has 1 aliphatic rings. The molecule has 1 aromatic carbocycles. The van der Waals surface area contributed by atoms with Gasteiger partial charge in [-0.1, -0.05) is 18.5 Å². The van der Waals surface area contributed by atoms with Crippen LogP contribution in [-0.4, -0.2) is 53.0 Å². The second-order valence-electron chi connectivity index (χ2n) is 5.05. The van der Waals surface area contributed by atoms with Crippen LogP contribution in [0.5, 0.6) is 5.75 Å². The summed E-state index contributed by atoms with van der Waals surface area (Å²) < 4.78 is 0. The molecule has 0 bridgehead atoms. The number of benzene rings is 1. The monoisotopic (exact) mass is 307 g/mol. The molecule has 1 amide bonds. The fourth-order valence-corrected chi connectivity index (χ4v) is 2.67.